The van der Waals surface area contributed by atoms with Crippen molar-refractivity contribution in [2.24, 2.45) is 0 Å². The van der Waals surface area contributed by atoms with Crippen LogP contribution in [0.1, 0.15) is 11.1 Å². The zero-order chi connectivity index (χ0) is 12.8. The van der Waals surface area contributed by atoms with Crippen molar-refractivity contribution in [1.29, 1.82) is 5.26 Å². The molecular formula is C15H13NOS. The molecule has 0 bridgehead atoms. The van der Waals surface area contributed by atoms with Gasteiger partial charge >= 0.3 is 0 Å². The third kappa shape index (κ3) is 2.85. The highest BCUT2D eigenvalue weighted by Crippen LogP contribution is 2.27. The Hall–Kier alpha value is -1.92. The largest absolute Gasteiger partial charge is 0.488 e. The predicted molar refractivity (Wildman–Crippen MR) is 73.7 cm³/mol. The molecule has 0 amide bonds. The molecule has 0 saturated heterocycles. The smallest absolute Gasteiger partial charge is 0.133 e. The minimum atomic E-state index is 0.418. The van der Waals surface area contributed by atoms with Gasteiger partial charge in [-0.15, -0.1) is 11.8 Å². The summed E-state index contributed by atoms with van der Waals surface area (Å²) in [6.45, 7) is 0.418. The molecule has 0 heterocycles. The molecule has 3 heteroatoms. The molecule has 2 rings (SSSR count). The Morgan fingerprint density at radius 2 is 1.83 bits per heavy atom. The van der Waals surface area contributed by atoms with E-state index in [-0.39, 0.29) is 0 Å². The van der Waals surface area contributed by atoms with E-state index in [0.29, 0.717) is 12.2 Å². The fraction of sp³-hybridized carbons (Fsp3) is 0.133. The lowest BCUT2D eigenvalue weighted by atomic mass is 10.1. The highest BCUT2D eigenvalue weighted by Gasteiger charge is 2.04. The minimum Gasteiger partial charge on any atom is -0.488 e. The van der Waals surface area contributed by atoms with E-state index in [9.17, 15) is 0 Å². The summed E-state index contributed by atoms with van der Waals surface area (Å²) in [6, 6.07) is 17.6. The molecule has 0 fully saturated rings. The third-order valence-electron chi connectivity index (χ3n) is 2.59. The van der Waals surface area contributed by atoms with Crippen LogP contribution in [0.5, 0.6) is 5.75 Å². The molecule has 90 valence electrons. The summed E-state index contributed by atoms with van der Waals surface area (Å²) < 4.78 is 5.78. The Bertz CT molecular complexity index is 575. The van der Waals surface area contributed by atoms with Gasteiger partial charge in [-0.25, -0.2) is 0 Å². The van der Waals surface area contributed by atoms with E-state index in [0.717, 1.165) is 16.2 Å². The van der Waals surface area contributed by atoms with Crippen molar-refractivity contribution >= 4 is 11.8 Å². The summed E-state index contributed by atoms with van der Waals surface area (Å²) in [4.78, 5) is 1.10. The average molecular weight is 255 g/mol. The van der Waals surface area contributed by atoms with Crippen molar-refractivity contribution in [3.8, 4) is 11.8 Å². The van der Waals surface area contributed by atoms with Crippen LogP contribution in [0, 0.1) is 11.3 Å². The molecule has 0 aliphatic heterocycles. The average Bonchev–Trinajstić information content (AvgIpc) is 2.45. The first kappa shape index (κ1) is 12.5. The molecule has 0 aromatic heterocycles. The first-order valence-corrected chi connectivity index (χ1v) is 6.81. The summed E-state index contributed by atoms with van der Waals surface area (Å²) in [5.41, 5.74) is 1.58. The van der Waals surface area contributed by atoms with Crippen LogP contribution < -0.4 is 4.74 Å². The molecule has 2 aromatic rings. The standard InChI is InChI=1S/C15H13NOS/c1-18-15-9-5-4-8-14(15)17-11-13-7-3-2-6-12(13)10-16/h2-9H,11H2,1H3. The zero-order valence-electron chi connectivity index (χ0n) is 10.1. The van der Waals surface area contributed by atoms with Gasteiger partial charge in [-0.3, -0.25) is 0 Å². The molecule has 0 N–H and O–H groups in total. The van der Waals surface area contributed by atoms with E-state index < -0.39 is 0 Å². The van der Waals surface area contributed by atoms with Gasteiger partial charge in [0.2, 0.25) is 0 Å². The number of ether oxygens (including phenoxy) is 1. The van der Waals surface area contributed by atoms with Crippen LogP contribution in [-0.4, -0.2) is 6.26 Å². The summed E-state index contributed by atoms with van der Waals surface area (Å²) in [6.07, 6.45) is 2.02. The summed E-state index contributed by atoms with van der Waals surface area (Å²) in [5.74, 6) is 0.859. The Morgan fingerprint density at radius 3 is 2.61 bits per heavy atom. The fourth-order valence-electron chi connectivity index (χ4n) is 1.65. The molecule has 2 nitrogen and oxygen atoms in total. The number of benzene rings is 2. The van der Waals surface area contributed by atoms with Crippen LogP contribution in [0.3, 0.4) is 0 Å². The van der Waals surface area contributed by atoms with E-state index in [1.807, 2.05) is 48.7 Å². The Balaban J connectivity index is 2.14. The van der Waals surface area contributed by atoms with Crippen molar-refractivity contribution in [2.45, 2.75) is 11.5 Å². The van der Waals surface area contributed by atoms with Crippen LogP contribution in [0.25, 0.3) is 0 Å². The van der Waals surface area contributed by atoms with Gasteiger partial charge in [0.1, 0.15) is 12.4 Å². The normalized spacial score (nSPS) is 9.78. The highest BCUT2D eigenvalue weighted by molar-refractivity contribution is 7.98. The molecule has 0 spiro atoms. The van der Waals surface area contributed by atoms with E-state index in [4.69, 9.17) is 10.00 Å². The van der Waals surface area contributed by atoms with Crippen molar-refractivity contribution in [3.05, 3.63) is 59.7 Å². The first-order valence-electron chi connectivity index (χ1n) is 5.59. The lowest BCUT2D eigenvalue weighted by Gasteiger charge is -2.10. The maximum Gasteiger partial charge on any atom is 0.133 e. The molecule has 2 aromatic carbocycles. The monoisotopic (exact) mass is 255 g/mol. The second-order valence-corrected chi connectivity index (χ2v) is 4.56. The maximum atomic E-state index is 9.01. The van der Waals surface area contributed by atoms with Gasteiger partial charge in [0.05, 0.1) is 11.6 Å². The van der Waals surface area contributed by atoms with E-state index in [1.165, 1.54) is 0 Å². The van der Waals surface area contributed by atoms with Crippen LogP contribution in [0.15, 0.2) is 53.4 Å². The number of nitriles is 1. The van der Waals surface area contributed by atoms with Crippen LogP contribution >= 0.6 is 11.8 Å². The topological polar surface area (TPSA) is 33.0 Å². The van der Waals surface area contributed by atoms with Crippen LogP contribution in [0.2, 0.25) is 0 Å². The molecule has 0 radical (unpaired) electrons. The van der Waals surface area contributed by atoms with E-state index >= 15 is 0 Å². The van der Waals surface area contributed by atoms with E-state index in [2.05, 4.69) is 6.07 Å². The van der Waals surface area contributed by atoms with Gasteiger partial charge in [0.15, 0.2) is 0 Å². The second kappa shape index (κ2) is 6.13. The quantitative estimate of drug-likeness (QED) is 0.778. The lowest BCUT2D eigenvalue weighted by Crippen LogP contribution is -1.98. The Kier molecular flexibility index (Phi) is 4.27. The molecule has 0 atom stereocenters. The second-order valence-electron chi connectivity index (χ2n) is 3.71. The van der Waals surface area contributed by atoms with Crippen LogP contribution in [-0.2, 0) is 6.61 Å². The number of rotatable bonds is 4. The summed E-state index contributed by atoms with van der Waals surface area (Å²) in [7, 11) is 0. The summed E-state index contributed by atoms with van der Waals surface area (Å²) >= 11 is 1.65. The van der Waals surface area contributed by atoms with Crippen molar-refractivity contribution in [1.82, 2.24) is 0 Å². The predicted octanol–water partition coefficient (Wildman–Crippen LogP) is 3.86. The number of nitrogens with zero attached hydrogens (tertiary/aromatic N) is 1. The molecule has 0 aliphatic carbocycles. The Labute approximate surface area is 111 Å². The highest BCUT2D eigenvalue weighted by atomic mass is 32.2. The van der Waals surface area contributed by atoms with Gasteiger partial charge in [0.25, 0.3) is 0 Å². The molecule has 0 aliphatic rings. The van der Waals surface area contributed by atoms with Crippen molar-refractivity contribution in [2.75, 3.05) is 6.26 Å². The van der Waals surface area contributed by atoms with Gasteiger partial charge in [-0.1, -0.05) is 30.3 Å². The first-order chi connectivity index (χ1) is 8.85. The van der Waals surface area contributed by atoms with Gasteiger partial charge in [0, 0.05) is 10.5 Å². The summed E-state index contributed by atoms with van der Waals surface area (Å²) in [5, 5.41) is 9.01. The molecule has 18 heavy (non-hydrogen) atoms. The van der Waals surface area contributed by atoms with Gasteiger partial charge in [-0.05, 0) is 24.5 Å². The van der Waals surface area contributed by atoms with Crippen molar-refractivity contribution in [3.63, 3.8) is 0 Å². The fourth-order valence-corrected chi connectivity index (χ4v) is 2.19. The number of thioether (sulfide) groups is 1. The van der Waals surface area contributed by atoms with Gasteiger partial charge in [-0.2, -0.15) is 5.26 Å². The number of hydrogen-bond donors (Lipinski definition) is 0. The number of hydrogen-bond acceptors (Lipinski definition) is 3. The van der Waals surface area contributed by atoms with Crippen molar-refractivity contribution < 1.29 is 4.74 Å². The number of para-hydroxylation sites is 1. The molecule has 0 unspecified atom stereocenters. The third-order valence-corrected chi connectivity index (χ3v) is 3.37. The minimum absolute atomic E-state index is 0.418. The molecular weight excluding hydrogens is 242 g/mol. The van der Waals surface area contributed by atoms with Gasteiger partial charge < -0.3 is 4.74 Å². The van der Waals surface area contributed by atoms with Crippen LogP contribution in [0.4, 0.5) is 0 Å². The lowest BCUT2D eigenvalue weighted by molar-refractivity contribution is 0.298. The maximum absolute atomic E-state index is 9.01. The van der Waals surface area contributed by atoms with E-state index in [1.54, 1.807) is 17.8 Å². The SMILES string of the molecule is CSc1ccccc1OCc1ccccc1C#N. The Morgan fingerprint density at radius 1 is 1.11 bits per heavy atom. The zero-order valence-corrected chi connectivity index (χ0v) is 10.9. The molecule has 0 saturated carbocycles.